The Kier molecular flexibility index (Phi) is 4.47. The van der Waals surface area contributed by atoms with Crippen LogP contribution in [0.25, 0.3) is 27.7 Å². The van der Waals surface area contributed by atoms with Gasteiger partial charge in [-0.15, -0.1) is 0 Å². The lowest BCUT2D eigenvalue weighted by Gasteiger charge is -2.10. The number of nitrogens with zero attached hydrogens (tertiary/aromatic N) is 5. The highest BCUT2D eigenvalue weighted by Crippen LogP contribution is 2.28. The molecule has 0 spiro atoms. The van der Waals surface area contributed by atoms with Gasteiger partial charge in [-0.1, -0.05) is 42.5 Å². The molecule has 0 saturated heterocycles. The molecule has 150 valence electrons. The molecule has 0 aliphatic rings. The van der Waals surface area contributed by atoms with Crippen molar-refractivity contribution >= 4 is 16.4 Å². The maximum atomic E-state index is 5.56. The lowest BCUT2D eigenvalue weighted by Crippen LogP contribution is -2.08. The summed E-state index contributed by atoms with van der Waals surface area (Å²) in [5.74, 6) is 2.70. The number of para-hydroxylation sites is 1. The number of ether oxygens (including phenoxy) is 1. The molecule has 0 atom stereocenters. The molecule has 30 heavy (non-hydrogen) atoms. The Morgan fingerprint density at radius 1 is 0.933 bits per heavy atom. The number of fused-ring (bicyclic) bond motifs is 3. The fourth-order valence-corrected chi connectivity index (χ4v) is 3.94. The predicted molar refractivity (Wildman–Crippen MR) is 118 cm³/mol. The molecular formula is C24H23N5O. The molecule has 6 heteroatoms. The molecule has 0 aliphatic heterocycles. The van der Waals surface area contributed by atoms with Crippen LogP contribution in [0.15, 0.2) is 60.8 Å². The summed E-state index contributed by atoms with van der Waals surface area (Å²) in [7, 11) is 3.72. The van der Waals surface area contributed by atoms with Crippen LogP contribution in [0.5, 0.6) is 5.75 Å². The van der Waals surface area contributed by atoms with E-state index in [-0.39, 0.29) is 0 Å². The van der Waals surface area contributed by atoms with E-state index >= 15 is 0 Å². The molecular weight excluding hydrogens is 374 g/mol. The zero-order chi connectivity index (χ0) is 20.7. The molecule has 0 amide bonds. The minimum absolute atomic E-state index is 0.727. The maximum absolute atomic E-state index is 5.56. The van der Waals surface area contributed by atoms with Crippen LogP contribution in [0.2, 0.25) is 0 Å². The van der Waals surface area contributed by atoms with Gasteiger partial charge >= 0.3 is 0 Å². The molecule has 0 N–H and O–H groups in total. The smallest absolute Gasteiger partial charge is 0.145 e. The monoisotopic (exact) mass is 397 g/mol. The zero-order valence-electron chi connectivity index (χ0n) is 17.3. The van der Waals surface area contributed by atoms with E-state index in [1.54, 1.807) is 7.11 Å². The number of aryl methyl sites for hydroxylation is 4. The number of hydrogen-bond acceptors (Lipinski definition) is 4. The zero-order valence-corrected chi connectivity index (χ0v) is 17.3. The third-order valence-corrected chi connectivity index (χ3v) is 5.43. The van der Waals surface area contributed by atoms with E-state index in [9.17, 15) is 0 Å². The van der Waals surface area contributed by atoms with Gasteiger partial charge in [-0.2, -0.15) is 5.10 Å². The lowest BCUT2D eigenvalue weighted by atomic mass is 10.1. The second-order valence-electron chi connectivity index (χ2n) is 7.49. The average Bonchev–Trinajstić information content (AvgIpc) is 3.34. The number of rotatable bonds is 5. The highest BCUT2D eigenvalue weighted by atomic mass is 16.5. The van der Waals surface area contributed by atoms with Crippen LogP contribution in [0.1, 0.15) is 17.3 Å². The Morgan fingerprint density at radius 2 is 1.73 bits per heavy atom. The van der Waals surface area contributed by atoms with Gasteiger partial charge in [-0.25, -0.2) is 14.5 Å². The van der Waals surface area contributed by atoms with Gasteiger partial charge in [0.1, 0.15) is 22.9 Å². The first kappa shape index (κ1) is 18.4. The summed E-state index contributed by atoms with van der Waals surface area (Å²) < 4.78 is 9.61. The minimum atomic E-state index is 0.727. The third-order valence-electron chi connectivity index (χ3n) is 5.43. The second-order valence-corrected chi connectivity index (χ2v) is 7.49. The second kappa shape index (κ2) is 7.30. The minimum Gasteiger partial charge on any atom is -0.494 e. The Morgan fingerprint density at radius 3 is 2.53 bits per heavy atom. The van der Waals surface area contributed by atoms with Crippen molar-refractivity contribution in [3.8, 4) is 17.0 Å². The standard InChI is InChI=1S/C24H23N5O/c1-16-14-20-18-10-7-11-21(30-3)24(18)26-23(29(20)27-16)13-12-22-25-19(15-28(22)2)17-8-5-4-6-9-17/h4-11,14-15H,12-13H2,1-3H3. The Balaban J connectivity index is 1.53. The molecule has 6 nitrogen and oxygen atoms in total. The van der Waals surface area contributed by atoms with E-state index in [1.165, 1.54) is 0 Å². The Bertz CT molecular complexity index is 1350. The summed E-state index contributed by atoms with van der Waals surface area (Å²) in [6, 6.07) is 18.4. The molecule has 0 unspecified atom stereocenters. The summed E-state index contributed by atoms with van der Waals surface area (Å²) in [5, 5.41) is 5.74. The van der Waals surface area contributed by atoms with E-state index in [2.05, 4.69) is 35.0 Å². The largest absolute Gasteiger partial charge is 0.494 e. The molecule has 0 aliphatic carbocycles. The molecule has 3 aromatic heterocycles. The summed E-state index contributed by atoms with van der Waals surface area (Å²) in [6.45, 7) is 2.01. The van der Waals surface area contributed by atoms with Crippen molar-refractivity contribution in [2.45, 2.75) is 19.8 Å². The molecule has 0 fully saturated rings. The van der Waals surface area contributed by atoms with E-state index in [0.29, 0.717) is 0 Å². The fourth-order valence-electron chi connectivity index (χ4n) is 3.94. The van der Waals surface area contributed by atoms with Crippen LogP contribution >= 0.6 is 0 Å². The van der Waals surface area contributed by atoms with Crippen molar-refractivity contribution in [3.05, 3.63) is 78.1 Å². The maximum Gasteiger partial charge on any atom is 0.145 e. The van der Waals surface area contributed by atoms with Crippen LogP contribution in [0, 0.1) is 6.92 Å². The fraction of sp³-hybridized carbons (Fsp3) is 0.208. The van der Waals surface area contributed by atoms with Gasteiger partial charge in [0.25, 0.3) is 0 Å². The molecule has 0 saturated carbocycles. The lowest BCUT2D eigenvalue weighted by molar-refractivity contribution is 0.418. The van der Waals surface area contributed by atoms with Crippen molar-refractivity contribution < 1.29 is 4.74 Å². The average molecular weight is 397 g/mol. The highest BCUT2D eigenvalue weighted by molar-refractivity contribution is 5.96. The van der Waals surface area contributed by atoms with Crippen LogP contribution in [-0.2, 0) is 19.9 Å². The van der Waals surface area contributed by atoms with E-state index in [0.717, 1.165) is 63.6 Å². The number of methoxy groups -OCH3 is 1. The van der Waals surface area contributed by atoms with Gasteiger partial charge in [-0.05, 0) is 19.1 Å². The van der Waals surface area contributed by atoms with Crippen LogP contribution < -0.4 is 4.74 Å². The first-order chi connectivity index (χ1) is 14.6. The van der Waals surface area contributed by atoms with Gasteiger partial charge in [0.15, 0.2) is 0 Å². The summed E-state index contributed by atoms with van der Waals surface area (Å²) in [6.07, 6.45) is 3.57. The number of hydrogen-bond donors (Lipinski definition) is 0. The molecule has 0 radical (unpaired) electrons. The van der Waals surface area contributed by atoms with Crippen molar-refractivity contribution in [3.63, 3.8) is 0 Å². The first-order valence-electron chi connectivity index (χ1n) is 10.0. The molecule has 5 aromatic rings. The first-order valence-corrected chi connectivity index (χ1v) is 10.0. The Hall–Kier alpha value is -3.67. The van der Waals surface area contributed by atoms with Crippen molar-refractivity contribution in [2.24, 2.45) is 7.05 Å². The van der Waals surface area contributed by atoms with Gasteiger partial charge in [0.05, 0.1) is 24.0 Å². The normalized spacial score (nSPS) is 11.4. The van der Waals surface area contributed by atoms with Crippen molar-refractivity contribution in [1.29, 1.82) is 0 Å². The Labute approximate surface area is 174 Å². The number of benzene rings is 2. The summed E-state index contributed by atoms with van der Waals surface area (Å²) in [4.78, 5) is 9.79. The molecule has 2 aromatic carbocycles. The van der Waals surface area contributed by atoms with Gasteiger partial charge < -0.3 is 9.30 Å². The highest BCUT2D eigenvalue weighted by Gasteiger charge is 2.15. The quantitative estimate of drug-likeness (QED) is 0.441. The SMILES string of the molecule is COc1cccc2c1nc(CCc1nc(-c3ccccc3)cn1C)n1nc(C)cc21. The van der Waals surface area contributed by atoms with Crippen molar-refractivity contribution in [2.75, 3.05) is 7.11 Å². The molecule has 5 rings (SSSR count). The number of aromatic nitrogens is 5. The number of imidazole rings is 1. The molecule has 0 bridgehead atoms. The van der Waals surface area contributed by atoms with E-state index in [1.807, 2.05) is 48.8 Å². The van der Waals surface area contributed by atoms with E-state index < -0.39 is 0 Å². The van der Waals surface area contributed by atoms with Crippen LogP contribution in [0.3, 0.4) is 0 Å². The summed E-state index contributed by atoms with van der Waals surface area (Å²) in [5.41, 5.74) is 5.00. The topological polar surface area (TPSA) is 57.2 Å². The van der Waals surface area contributed by atoms with Gasteiger partial charge in [0, 0.05) is 37.0 Å². The van der Waals surface area contributed by atoms with Crippen LogP contribution in [0.4, 0.5) is 0 Å². The summed E-state index contributed by atoms with van der Waals surface area (Å²) >= 11 is 0. The van der Waals surface area contributed by atoms with Gasteiger partial charge in [0.2, 0.25) is 0 Å². The van der Waals surface area contributed by atoms with E-state index in [4.69, 9.17) is 19.8 Å². The van der Waals surface area contributed by atoms with Crippen molar-refractivity contribution in [1.82, 2.24) is 24.1 Å². The predicted octanol–water partition coefficient (Wildman–Crippen LogP) is 4.39. The van der Waals surface area contributed by atoms with Gasteiger partial charge in [-0.3, -0.25) is 0 Å². The molecule has 3 heterocycles. The van der Waals surface area contributed by atoms with Crippen LogP contribution in [-0.4, -0.2) is 31.3 Å². The third kappa shape index (κ3) is 3.10.